The lowest BCUT2D eigenvalue weighted by Crippen LogP contribution is -2.37. The third-order valence-corrected chi connectivity index (χ3v) is 1.79. The summed E-state index contributed by atoms with van der Waals surface area (Å²) < 4.78 is 0. The Bertz CT molecular complexity index is 287. The fraction of sp³-hybridized carbons (Fsp3) is 0.300. The molecule has 0 saturated heterocycles. The number of benzene rings is 1. The molecule has 1 rings (SSSR count). The first-order chi connectivity index (χ1) is 6.72. The molecule has 0 fully saturated rings. The number of nitrogens with two attached hydrogens (primary N) is 1. The van der Waals surface area contributed by atoms with Crippen molar-refractivity contribution >= 4 is 11.6 Å². The van der Waals surface area contributed by atoms with Gasteiger partial charge in [-0.2, -0.15) is 0 Å². The molecular weight excluding hydrogens is 178 g/mol. The minimum absolute atomic E-state index is 0.214. The molecular formula is C10H15N3O. The van der Waals surface area contributed by atoms with E-state index in [1.807, 2.05) is 37.3 Å². The maximum atomic E-state index is 10.7. The molecule has 0 aliphatic rings. The first-order valence-electron chi connectivity index (χ1n) is 4.57. The molecule has 0 saturated carbocycles. The smallest absolute Gasteiger partial charge is 0.233 e. The summed E-state index contributed by atoms with van der Waals surface area (Å²) in [7, 11) is 0. The van der Waals surface area contributed by atoms with Gasteiger partial charge in [-0.3, -0.25) is 4.79 Å². The SMILES string of the molecule is CCN(CC(N)=O)Nc1ccccc1. The van der Waals surface area contributed by atoms with E-state index < -0.39 is 0 Å². The van der Waals surface area contributed by atoms with E-state index >= 15 is 0 Å². The van der Waals surface area contributed by atoms with Gasteiger partial charge in [0.1, 0.15) is 0 Å². The van der Waals surface area contributed by atoms with Crippen molar-refractivity contribution in [2.75, 3.05) is 18.5 Å². The van der Waals surface area contributed by atoms with Crippen LogP contribution in [0.4, 0.5) is 5.69 Å². The fourth-order valence-electron chi connectivity index (χ4n) is 1.11. The van der Waals surface area contributed by atoms with Gasteiger partial charge in [0.2, 0.25) is 5.91 Å². The lowest BCUT2D eigenvalue weighted by molar-refractivity contribution is -0.118. The van der Waals surface area contributed by atoms with Crippen LogP contribution in [0.3, 0.4) is 0 Å². The number of hydrogen-bond donors (Lipinski definition) is 2. The van der Waals surface area contributed by atoms with Crippen molar-refractivity contribution in [3.8, 4) is 0 Å². The summed E-state index contributed by atoms with van der Waals surface area (Å²) in [4.78, 5) is 10.7. The number of nitrogens with zero attached hydrogens (tertiary/aromatic N) is 1. The molecule has 1 aromatic rings. The van der Waals surface area contributed by atoms with Gasteiger partial charge in [0.05, 0.1) is 6.54 Å². The van der Waals surface area contributed by atoms with E-state index in [-0.39, 0.29) is 12.5 Å². The maximum Gasteiger partial charge on any atom is 0.233 e. The van der Waals surface area contributed by atoms with Gasteiger partial charge in [-0.1, -0.05) is 25.1 Å². The Balaban J connectivity index is 2.53. The van der Waals surface area contributed by atoms with Crippen LogP contribution < -0.4 is 11.2 Å². The van der Waals surface area contributed by atoms with Gasteiger partial charge in [0, 0.05) is 12.2 Å². The Kier molecular flexibility index (Phi) is 3.94. The Morgan fingerprint density at radius 2 is 2.07 bits per heavy atom. The van der Waals surface area contributed by atoms with Crippen LogP contribution in [-0.2, 0) is 4.79 Å². The molecule has 4 nitrogen and oxygen atoms in total. The zero-order valence-corrected chi connectivity index (χ0v) is 8.23. The number of carbonyl (C=O) groups excluding carboxylic acids is 1. The molecule has 0 aliphatic carbocycles. The van der Waals surface area contributed by atoms with Crippen LogP contribution in [0.2, 0.25) is 0 Å². The zero-order valence-electron chi connectivity index (χ0n) is 8.23. The number of nitrogens with one attached hydrogen (secondary N) is 1. The van der Waals surface area contributed by atoms with Crippen molar-refractivity contribution in [3.63, 3.8) is 0 Å². The standard InChI is InChI=1S/C10H15N3O/c1-2-13(8-10(11)14)12-9-6-4-3-5-7-9/h3-7,12H,2,8H2,1H3,(H2,11,14). The summed E-state index contributed by atoms with van der Waals surface area (Å²) in [5.41, 5.74) is 9.15. The highest BCUT2D eigenvalue weighted by atomic mass is 16.1. The second kappa shape index (κ2) is 5.24. The van der Waals surface area contributed by atoms with Crippen LogP contribution in [0.5, 0.6) is 0 Å². The van der Waals surface area contributed by atoms with E-state index in [9.17, 15) is 4.79 Å². The largest absolute Gasteiger partial charge is 0.368 e. The number of para-hydroxylation sites is 1. The van der Waals surface area contributed by atoms with Crippen LogP contribution in [0.25, 0.3) is 0 Å². The van der Waals surface area contributed by atoms with Crippen molar-refractivity contribution in [1.29, 1.82) is 0 Å². The van der Waals surface area contributed by atoms with Crippen LogP contribution >= 0.6 is 0 Å². The van der Waals surface area contributed by atoms with Crippen LogP contribution in [0, 0.1) is 0 Å². The highest BCUT2D eigenvalue weighted by Gasteiger charge is 2.04. The van der Waals surface area contributed by atoms with E-state index in [2.05, 4.69) is 5.43 Å². The molecule has 4 heteroatoms. The normalized spacial score (nSPS) is 10.1. The predicted octanol–water partition coefficient (Wildman–Crippen LogP) is 0.821. The van der Waals surface area contributed by atoms with Gasteiger partial charge in [0.25, 0.3) is 0 Å². The number of primary amides is 1. The predicted molar refractivity (Wildman–Crippen MR) is 56.5 cm³/mol. The maximum absolute atomic E-state index is 10.7. The van der Waals surface area contributed by atoms with E-state index in [4.69, 9.17) is 5.73 Å². The minimum Gasteiger partial charge on any atom is -0.368 e. The summed E-state index contributed by atoms with van der Waals surface area (Å²) in [5.74, 6) is -0.338. The number of hydrazine groups is 1. The quantitative estimate of drug-likeness (QED) is 0.681. The lowest BCUT2D eigenvalue weighted by Gasteiger charge is -2.20. The third kappa shape index (κ3) is 3.45. The second-order valence-electron chi connectivity index (χ2n) is 2.96. The highest BCUT2D eigenvalue weighted by Crippen LogP contribution is 2.05. The van der Waals surface area contributed by atoms with Gasteiger partial charge < -0.3 is 11.2 Å². The fourth-order valence-corrected chi connectivity index (χ4v) is 1.11. The van der Waals surface area contributed by atoms with Crippen LogP contribution in [0.15, 0.2) is 30.3 Å². The molecule has 0 bridgehead atoms. The van der Waals surface area contributed by atoms with Crippen molar-refractivity contribution in [1.82, 2.24) is 5.01 Å². The third-order valence-electron chi connectivity index (χ3n) is 1.79. The molecule has 0 atom stereocenters. The van der Waals surface area contributed by atoms with Gasteiger partial charge in [0.15, 0.2) is 0 Å². The number of hydrogen-bond acceptors (Lipinski definition) is 3. The number of likely N-dealkylation sites (N-methyl/N-ethyl adjacent to an activating group) is 1. The molecule has 0 unspecified atom stereocenters. The van der Waals surface area contributed by atoms with Crippen LogP contribution in [-0.4, -0.2) is 24.0 Å². The first kappa shape index (κ1) is 10.5. The van der Waals surface area contributed by atoms with Gasteiger partial charge >= 0.3 is 0 Å². The molecule has 0 heterocycles. The monoisotopic (exact) mass is 193 g/mol. The van der Waals surface area contributed by atoms with Crippen molar-refractivity contribution in [2.45, 2.75) is 6.92 Å². The molecule has 3 N–H and O–H groups in total. The zero-order chi connectivity index (χ0) is 10.4. The number of carbonyl (C=O) groups is 1. The van der Waals surface area contributed by atoms with Crippen molar-refractivity contribution in [3.05, 3.63) is 30.3 Å². The molecule has 1 amide bonds. The summed E-state index contributed by atoms with van der Waals surface area (Å²) >= 11 is 0. The minimum atomic E-state index is -0.338. The van der Waals surface area contributed by atoms with Gasteiger partial charge in [-0.25, -0.2) is 5.01 Å². The summed E-state index contributed by atoms with van der Waals surface area (Å²) in [5, 5.41) is 1.76. The average molecular weight is 193 g/mol. The number of rotatable bonds is 5. The first-order valence-corrected chi connectivity index (χ1v) is 4.57. The average Bonchev–Trinajstić information content (AvgIpc) is 2.17. The van der Waals surface area contributed by atoms with Gasteiger partial charge in [-0.15, -0.1) is 0 Å². The molecule has 0 spiro atoms. The molecule has 0 radical (unpaired) electrons. The summed E-state index contributed by atoms with van der Waals surface area (Å²) in [6, 6.07) is 9.67. The van der Waals surface area contributed by atoms with Crippen molar-refractivity contribution in [2.24, 2.45) is 5.73 Å². The molecule has 0 aromatic heterocycles. The summed E-state index contributed by atoms with van der Waals surface area (Å²) in [6.07, 6.45) is 0. The second-order valence-corrected chi connectivity index (χ2v) is 2.96. The Morgan fingerprint density at radius 1 is 1.43 bits per heavy atom. The molecule has 0 aliphatic heterocycles. The highest BCUT2D eigenvalue weighted by molar-refractivity contribution is 5.76. The number of amides is 1. The van der Waals surface area contributed by atoms with E-state index in [0.717, 1.165) is 12.2 Å². The summed E-state index contributed by atoms with van der Waals surface area (Å²) in [6.45, 7) is 2.89. The lowest BCUT2D eigenvalue weighted by atomic mass is 10.3. The molecule has 1 aromatic carbocycles. The van der Waals surface area contributed by atoms with Crippen molar-refractivity contribution < 1.29 is 4.79 Å². The van der Waals surface area contributed by atoms with E-state index in [0.29, 0.717) is 0 Å². The van der Waals surface area contributed by atoms with E-state index in [1.54, 1.807) is 5.01 Å². The Hall–Kier alpha value is -1.55. The Morgan fingerprint density at radius 3 is 2.57 bits per heavy atom. The topological polar surface area (TPSA) is 58.4 Å². The number of anilines is 1. The van der Waals surface area contributed by atoms with Crippen LogP contribution in [0.1, 0.15) is 6.92 Å². The Labute approximate surface area is 83.7 Å². The molecule has 76 valence electrons. The molecule has 14 heavy (non-hydrogen) atoms. The van der Waals surface area contributed by atoms with E-state index in [1.165, 1.54) is 0 Å². The van der Waals surface area contributed by atoms with Gasteiger partial charge in [-0.05, 0) is 12.1 Å².